The number of anilines is 1. The number of amides is 2. The van der Waals surface area contributed by atoms with Crippen molar-refractivity contribution in [3.05, 3.63) is 59.2 Å². The Morgan fingerprint density at radius 1 is 1.20 bits per heavy atom. The number of nitrogens with zero attached hydrogens (tertiary/aromatic N) is 1. The van der Waals surface area contributed by atoms with Gasteiger partial charge in [-0.3, -0.25) is 4.90 Å². The summed E-state index contributed by atoms with van der Waals surface area (Å²) in [5.74, 6) is 1.10. The minimum Gasteiger partial charge on any atom is -0.493 e. The molecule has 0 saturated heterocycles. The van der Waals surface area contributed by atoms with Gasteiger partial charge in [0.2, 0.25) is 0 Å². The fourth-order valence-electron chi connectivity index (χ4n) is 3.72. The summed E-state index contributed by atoms with van der Waals surface area (Å²) < 4.78 is 5.72. The smallest absolute Gasteiger partial charge is 0.319 e. The first-order valence-corrected chi connectivity index (χ1v) is 8.70. The van der Waals surface area contributed by atoms with Crippen molar-refractivity contribution in [2.24, 2.45) is 0 Å². The SMILES string of the molecule is C[C@@H](NC(=O)Nc1ccc2c(c1)CN(C)C2)[C@@H]1COc2ccccc21. The molecule has 5 heteroatoms. The van der Waals surface area contributed by atoms with Crippen LogP contribution in [-0.2, 0) is 13.1 Å². The van der Waals surface area contributed by atoms with Crippen LogP contribution in [0, 0.1) is 0 Å². The van der Waals surface area contributed by atoms with Gasteiger partial charge in [0.15, 0.2) is 0 Å². The number of urea groups is 1. The number of benzene rings is 2. The molecule has 25 heavy (non-hydrogen) atoms. The van der Waals surface area contributed by atoms with Crippen LogP contribution in [0.3, 0.4) is 0 Å². The summed E-state index contributed by atoms with van der Waals surface area (Å²) in [5.41, 5.74) is 4.62. The molecule has 2 atom stereocenters. The molecule has 0 spiro atoms. The predicted molar refractivity (Wildman–Crippen MR) is 97.9 cm³/mol. The second kappa shape index (κ2) is 6.41. The van der Waals surface area contributed by atoms with E-state index >= 15 is 0 Å². The van der Waals surface area contributed by atoms with E-state index in [2.05, 4.69) is 40.8 Å². The largest absolute Gasteiger partial charge is 0.493 e. The number of para-hydroxylation sites is 1. The lowest BCUT2D eigenvalue weighted by atomic mass is 9.94. The maximum Gasteiger partial charge on any atom is 0.319 e. The number of hydrogen-bond donors (Lipinski definition) is 2. The van der Waals surface area contributed by atoms with E-state index in [-0.39, 0.29) is 18.0 Å². The zero-order chi connectivity index (χ0) is 17.4. The van der Waals surface area contributed by atoms with Gasteiger partial charge >= 0.3 is 6.03 Å². The summed E-state index contributed by atoms with van der Waals surface area (Å²) in [5, 5.41) is 6.00. The topological polar surface area (TPSA) is 53.6 Å². The van der Waals surface area contributed by atoms with E-state index in [4.69, 9.17) is 4.74 Å². The van der Waals surface area contributed by atoms with Gasteiger partial charge in [0, 0.05) is 36.3 Å². The van der Waals surface area contributed by atoms with Gasteiger partial charge in [-0.25, -0.2) is 4.79 Å². The molecule has 2 aliphatic heterocycles. The highest BCUT2D eigenvalue weighted by atomic mass is 16.5. The Labute approximate surface area is 148 Å². The molecule has 2 aliphatic rings. The molecule has 2 amide bonds. The van der Waals surface area contributed by atoms with E-state index in [0.717, 1.165) is 30.1 Å². The molecule has 0 bridgehead atoms. The molecule has 0 unspecified atom stereocenters. The van der Waals surface area contributed by atoms with Crippen LogP contribution in [0.4, 0.5) is 10.5 Å². The molecular formula is C20H23N3O2. The van der Waals surface area contributed by atoms with Gasteiger partial charge in [-0.1, -0.05) is 24.3 Å². The zero-order valence-electron chi connectivity index (χ0n) is 14.6. The van der Waals surface area contributed by atoms with Crippen molar-refractivity contribution in [1.82, 2.24) is 10.2 Å². The van der Waals surface area contributed by atoms with Crippen molar-refractivity contribution in [3.63, 3.8) is 0 Å². The van der Waals surface area contributed by atoms with Crippen LogP contribution in [-0.4, -0.2) is 30.6 Å². The van der Waals surface area contributed by atoms with Gasteiger partial charge in [0.1, 0.15) is 5.75 Å². The van der Waals surface area contributed by atoms with Crippen LogP contribution in [0.1, 0.15) is 29.5 Å². The van der Waals surface area contributed by atoms with Crippen LogP contribution in [0.25, 0.3) is 0 Å². The average molecular weight is 337 g/mol. The fraction of sp³-hybridized carbons (Fsp3) is 0.350. The maximum atomic E-state index is 12.4. The highest BCUT2D eigenvalue weighted by molar-refractivity contribution is 5.89. The molecule has 0 radical (unpaired) electrons. The summed E-state index contributed by atoms with van der Waals surface area (Å²) in [4.78, 5) is 14.6. The first kappa shape index (κ1) is 16.0. The molecule has 130 valence electrons. The molecule has 5 nitrogen and oxygen atoms in total. The van der Waals surface area contributed by atoms with E-state index in [0.29, 0.717) is 6.61 Å². The summed E-state index contributed by atoms with van der Waals surface area (Å²) >= 11 is 0. The second-order valence-corrected chi connectivity index (χ2v) is 7.00. The van der Waals surface area contributed by atoms with E-state index in [1.165, 1.54) is 11.1 Å². The van der Waals surface area contributed by atoms with Crippen LogP contribution in [0.2, 0.25) is 0 Å². The van der Waals surface area contributed by atoms with Crippen molar-refractivity contribution < 1.29 is 9.53 Å². The number of ether oxygens (including phenoxy) is 1. The standard InChI is InChI=1S/C20H23N3O2/c1-13(18-12-25-19-6-4-3-5-17(18)19)21-20(24)22-16-8-7-14-10-23(2)11-15(14)9-16/h3-9,13,18H,10-12H2,1-2H3,(H2,21,22,24)/t13-,18+/m1/s1. The van der Waals surface area contributed by atoms with Crippen molar-refractivity contribution >= 4 is 11.7 Å². The molecule has 2 aromatic rings. The summed E-state index contributed by atoms with van der Waals surface area (Å²) in [7, 11) is 2.10. The van der Waals surface area contributed by atoms with E-state index in [1.54, 1.807) is 0 Å². The van der Waals surface area contributed by atoms with Crippen molar-refractivity contribution in [2.75, 3.05) is 19.0 Å². The third-order valence-corrected chi connectivity index (χ3v) is 5.04. The number of carbonyl (C=O) groups excluding carboxylic acids is 1. The summed E-state index contributed by atoms with van der Waals surface area (Å²) in [6.07, 6.45) is 0. The molecule has 0 aromatic heterocycles. The molecular weight excluding hydrogens is 314 g/mol. The Kier molecular flexibility index (Phi) is 4.09. The minimum absolute atomic E-state index is 0.00999. The lowest BCUT2D eigenvalue weighted by Crippen LogP contribution is -2.40. The highest BCUT2D eigenvalue weighted by Crippen LogP contribution is 2.35. The van der Waals surface area contributed by atoms with Gasteiger partial charge in [0.05, 0.1) is 6.61 Å². The van der Waals surface area contributed by atoms with Gasteiger partial charge in [0.25, 0.3) is 0 Å². The normalized spacial score (nSPS) is 19.7. The van der Waals surface area contributed by atoms with E-state index in [9.17, 15) is 4.79 Å². The number of hydrogen-bond acceptors (Lipinski definition) is 3. The van der Waals surface area contributed by atoms with Crippen LogP contribution in [0.5, 0.6) is 5.75 Å². The fourth-order valence-corrected chi connectivity index (χ4v) is 3.72. The zero-order valence-corrected chi connectivity index (χ0v) is 14.6. The quantitative estimate of drug-likeness (QED) is 0.903. The van der Waals surface area contributed by atoms with Gasteiger partial charge in [-0.05, 0) is 43.3 Å². The van der Waals surface area contributed by atoms with Crippen molar-refractivity contribution in [2.45, 2.75) is 32.0 Å². The predicted octanol–water partition coefficient (Wildman–Crippen LogP) is 3.32. The van der Waals surface area contributed by atoms with Crippen LogP contribution < -0.4 is 15.4 Å². The third-order valence-electron chi connectivity index (χ3n) is 5.04. The summed E-state index contributed by atoms with van der Waals surface area (Å²) in [6.45, 7) is 4.53. The van der Waals surface area contributed by atoms with Crippen LogP contribution >= 0.6 is 0 Å². The Morgan fingerprint density at radius 3 is 2.88 bits per heavy atom. The minimum atomic E-state index is -0.178. The number of carbonyl (C=O) groups is 1. The summed E-state index contributed by atoms with van der Waals surface area (Å²) in [6, 6.07) is 14.0. The van der Waals surface area contributed by atoms with E-state index < -0.39 is 0 Å². The molecule has 0 fully saturated rings. The molecule has 4 rings (SSSR count). The number of fused-ring (bicyclic) bond motifs is 2. The lowest BCUT2D eigenvalue weighted by molar-refractivity contribution is 0.244. The monoisotopic (exact) mass is 337 g/mol. The van der Waals surface area contributed by atoms with Crippen molar-refractivity contribution in [3.8, 4) is 5.75 Å². The molecule has 2 N–H and O–H groups in total. The maximum absolute atomic E-state index is 12.4. The Balaban J connectivity index is 1.39. The Morgan fingerprint density at radius 2 is 2.00 bits per heavy atom. The number of rotatable bonds is 3. The Hall–Kier alpha value is -2.53. The lowest BCUT2D eigenvalue weighted by Gasteiger charge is -2.20. The Bertz CT molecular complexity index is 805. The van der Waals surface area contributed by atoms with Crippen molar-refractivity contribution in [1.29, 1.82) is 0 Å². The third kappa shape index (κ3) is 3.20. The first-order chi connectivity index (χ1) is 12.1. The number of nitrogens with one attached hydrogen (secondary N) is 2. The highest BCUT2D eigenvalue weighted by Gasteiger charge is 2.29. The molecule has 0 saturated carbocycles. The molecule has 2 heterocycles. The average Bonchev–Trinajstić information content (AvgIpc) is 3.16. The second-order valence-electron chi connectivity index (χ2n) is 7.00. The van der Waals surface area contributed by atoms with Gasteiger partial charge < -0.3 is 15.4 Å². The van der Waals surface area contributed by atoms with Gasteiger partial charge in [-0.2, -0.15) is 0 Å². The van der Waals surface area contributed by atoms with E-state index in [1.807, 2.05) is 31.2 Å². The molecule has 0 aliphatic carbocycles. The van der Waals surface area contributed by atoms with Gasteiger partial charge in [-0.15, -0.1) is 0 Å². The molecule has 2 aromatic carbocycles. The first-order valence-electron chi connectivity index (χ1n) is 8.70. The van der Waals surface area contributed by atoms with Crippen LogP contribution in [0.15, 0.2) is 42.5 Å².